The van der Waals surface area contributed by atoms with Crippen molar-refractivity contribution in [3.05, 3.63) is 39.3 Å². The maximum Gasteiger partial charge on any atom is 0.161 e. The van der Waals surface area contributed by atoms with Crippen molar-refractivity contribution in [2.45, 2.75) is 39.8 Å². The summed E-state index contributed by atoms with van der Waals surface area (Å²) in [6.45, 7) is 7.16. The Morgan fingerprint density at radius 1 is 1.23 bits per heavy atom. The predicted molar refractivity (Wildman–Crippen MR) is 91.0 cm³/mol. The molecule has 0 aliphatic rings. The number of aromatic nitrogens is 1. The van der Waals surface area contributed by atoms with Crippen LogP contribution in [-0.4, -0.2) is 19.2 Å². The van der Waals surface area contributed by atoms with Gasteiger partial charge in [0, 0.05) is 17.6 Å². The van der Waals surface area contributed by atoms with Crippen LogP contribution in [0.5, 0.6) is 11.5 Å². The Bertz CT molecular complexity index is 625. The lowest BCUT2D eigenvalue weighted by Gasteiger charge is -2.15. The van der Waals surface area contributed by atoms with Crippen LogP contribution in [-0.2, 0) is 13.0 Å². The molecule has 1 N–H and O–H groups in total. The number of thiazole rings is 1. The summed E-state index contributed by atoms with van der Waals surface area (Å²) < 4.78 is 10.7. The second-order valence-corrected chi connectivity index (χ2v) is 6.40. The summed E-state index contributed by atoms with van der Waals surface area (Å²) in [5.74, 6) is 1.53. The fourth-order valence-electron chi connectivity index (χ4n) is 2.25. The van der Waals surface area contributed by atoms with E-state index < -0.39 is 0 Å². The smallest absolute Gasteiger partial charge is 0.161 e. The van der Waals surface area contributed by atoms with E-state index in [9.17, 15) is 0 Å². The van der Waals surface area contributed by atoms with Crippen molar-refractivity contribution in [1.29, 1.82) is 0 Å². The van der Waals surface area contributed by atoms with E-state index in [1.165, 1.54) is 16.0 Å². The Kier molecular flexibility index (Phi) is 5.80. The fraction of sp³-hybridized carbons (Fsp3) is 0.471. The number of aryl methyl sites for hydroxylation is 2. The number of rotatable bonds is 7. The molecule has 2 aromatic rings. The number of benzene rings is 1. The van der Waals surface area contributed by atoms with E-state index in [0.717, 1.165) is 29.5 Å². The molecule has 0 radical (unpaired) electrons. The Morgan fingerprint density at radius 2 is 1.91 bits per heavy atom. The molecule has 0 bridgehead atoms. The molecule has 0 amide bonds. The van der Waals surface area contributed by atoms with Crippen LogP contribution in [0.25, 0.3) is 0 Å². The van der Waals surface area contributed by atoms with Crippen molar-refractivity contribution in [3.63, 3.8) is 0 Å². The van der Waals surface area contributed by atoms with Gasteiger partial charge in [-0.1, -0.05) is 6.92 Å². The fourth-order valence-corrected chi connectivity index (χ4v) is 3.13. The molecule has 0 saturated heterocycles. The number of methoxy groups -OCH3 is 2. The first-order chi connectivity index (χ1) is 10.6. The SMILES string of the molecule is CCc1cnc([C@@H](C)NCc2cc(OC)c(OC)cc2C)s1. The number of hydrogen-bond acceptors (Lipinski definition) is 5. The molecule has 4 nitrogen and oxygen atoms in total. The van der Waals surface area contributed by atoms with Crippen LogP contribution in [0.1, 0.15) is 40.9 Å². The van der Waals surface area contributed by atoms with Crippen molar-refractivity contribution in [3.8, 4) is 11.5 Å². The monoisotopic (exact) mass is 320 g/mol. The summed E-state index contributed by atoms with van der Waals surface area (Å²) in [4.78, 5) is 5.82. The first-order valence-electron chi connectivity index (χ1n) is 7.48. The molecule has 0 unspecified atom stereocenters. The lowest BCUT2D eigenvalue weighted by Crippen LogP contribution is -2.18. The van der Waals surface area contributed by atoms with Crippen LogP contribution in [0.4, 0.5) is 0 Å². The van der Waals surface area contributed by atoms with Gasteiger partial charge >= 0.3 is 0 Å². The maximum absolute atomic E-state index is 5.38. The summed E-state index contributed by atoms with van der Waals surface area (Å²) in [5.41, 5.74) is 2.39. The topological polar surface area (TPSA) is 43.4 Å². The van der Waals surface area contributed by atoms with E-state index in [2.05, 4.69) is 31.1 Å². The quantitative estimate of drug-likeness (QED) is 0.841. The first-order valence-corrected chi connectivity index (χ1v) is 8.30. The van der Waals surface area contributed by atoms with Crippen LogP contribution < -0.4 is 14.8 Å². The van der Waals surface area contributed by atoms with Gasteiger partial charge in [-0.05, 0) is 43.5 Å². The largest absolute Gasteiger partial charge is 0.493 e. The summed E-state index contributed by atoms with van der Waals surface area (Å²) in [6, 6.07) is 4.28. The molecular weight excluding hydrogens is 296 g/mol. The zero-order valence-electron chi connectivity index (χ0n) is 13.9. The Labute approximate surface area is 136 Å². The van der Waals surface area contributed by atoms with Gasteiger partial charge in [0.1, 0.15) is 5.01 Å². The van der Waals surface area contributed by atoms with E-state index >= 15 is 0 Å². The molecule has 120 valence electrons. The Hall–Kier alpha value is -1.59. The lowest BCUT2D eigenvalue weighted by molar-refractivity contribution is 0.354. The average molecular weight is 320 g/mol. The zero-order chi connectivity index (χ0) is 16.1. The second kappa shape index (κ2) is 7.61. The zero-order valence-corrected chi connectivity index (χ0v) is 14.7. The Balaban J connectivity index is 2.07. The van der Waals surface area contributed by atoms with Gasteiger partial charge in [0.25, 0.3) is 0 Å². The first kappa shape index (κ1) is 16.8. The lowest BCUT2D eigenvalue weighted by atomic mass is 10.1. The van der Waals surface area contributed by atoms with Gasteiger partial charge < -0.3 is 14.8 Å². The number of nitrogens with zero attached hydrogens (tertiary/aromatic N) is 1. The van der Waals surface area contributed by atoms with E-state index in [4.69, 9.17) is 9.47 Å². The molecule has 0 aliphatic heterocycles. The summed E-state index contributed by atoms with van der Waals surface area (Å²) in [5, 5.41) is 4.67. The molecule has 0 saturated carbocycles. The van der Waals surface area contributed by atoms with Gasteiger partial charge in [0.15, 0.2) is 11.5 Å². The normalized spacial score (nSPS) is 12.2. The molecule has 5 heteroatoms. The van der Waals surface area contributed by atoms with Crippen molar-refractivity contribution >= 4 is 11.3 Å². The minimum Gasteiger partial charge on any atom is -0.493 e. The van der Waals surface area contributed by atoms with Crippen LogP contribution in [0.3, 0.4) is 0 Å². The third-order valence-corrected chi connectivity index (χ3v) is 5.06. The maximum atomic E-state index is 5.38. The van der Waals surface area contributed by atoms with Crippen molar-refractivity contribution < 1.29 is 9.47 Å². The predicted octanol–water partition coefficient (Wildman–Crippen LogP) is 3.88. The molecule has 1 atom stereocenters. The summed E-state index contributed by atoms with van der Waals surface area (Å²) in [7, 11) is 3.32. The molecule has 0 spiro atoms. The highest BCUT2D eigenvalue weighted by molar-refractivity contribution is 7.11. The van der Waals surface area contributed by atoms with Crippen LogP contribution in [0, 0.1) is 6.92 Å². The highest BCUT2D eigenvalue weighted by Crippen LogP contribution is 2.30. The molecule has 1 aromatic carbocycles. The van der Waals surface area contributed by atoms with Gasteiger partial charge in [-0.25, -0.2) is 4.98 Å². The second-order valence-electron chi connectivity index (χ2n) is 5.25. The van der Waals surface area contributed by atoms with E-state index in [1.54, 1.807) is 25.6 Å². The van der Waals surface area contributed by atoms with E-state index in [-0.39, 0.29) is 6.04 Å². The van der Waals surface area contributed by atoms with Crippen molar-refractivity contribution in [2.75, 3.05) is 14.2 Å². The minimum absolute atomic E-state index is 0.234. The Morgan fingerprint density at radius 3 is 2.50 bits per heavy atom. The van der Waals surface area contributed by atoms with Gasteiger partial charge in [-0.15, -0.1) is 11.3 Å². The summed E-state index contributed by atoms with van der Waals surface area (Å²) >= 11 is 1.78. The van der Waals surface area contributed by atoms with Crippen LogP contribution in [0.2, 0.25) is 0 Å². The molecular formula is C17H24N2O2S. The minimum atomic E-state index is 0.234. The molecule has 0 aliphatic carbocycles. The highest BCUT2D eigenvalue weighted by Gasteiger charge is 2.12. The van der Waals surface area contributed by atoms with Crippen molar-refractivity contribution in [2.24, 2.45) is 0 Å². The van der Waals surface area contributed by atoms with E-state index in [1.807, 2.05) is 18.3 Å². The third-order valence-electron chi connectivity index (χ3n) is 3.73. The standard InChI is InChI=1S/C17H24N2O2S/c1-6-14-10-19-17(22-14)12(3)18-9-13-8-16(21-5)15(20-4)7-11(13)2/h7-8,10,12,18H,6,9H2,1-5H3/t12-/m1/s1. The molecule has 2 rings (SSSR count). The van der Waals surface area contributed by atoms with Crippen molar-refractivity contribution in [1.82, 2.24) is 10.3 Å². The van der Waals surface area contributed by atoms with Gasteiger partial charge in [-0.3, -0.25) is 0 Å². The number of ether oxygens (including phenoxy) is 2. The highest BCUT2D eigenvalue weighted by atomic mass is 32.1. The van der Waals surface area contributed by atoms with Gasteiger partial charge in [-0.2, -0.15) is 0 Å². The number of hydrogen-bond donors (Lipinski definition) is 1. The molecule has 22 heavy (non-hydrogen) atoms. The average Bonchev–Trinajstić information content (AvgIpc) is 3.02. The van der Waals surface area contributed by atoms with Gasteiger partial charge in [0.05, 0.1) is 20.3 Å². The molecule has 1 heterocycles. The molecule has 1 aromatic heterocycles. The molecule has 0 fully saturated rings. The number of nitrogens with one attached hydrogen (secondary N) is 1. The van der Waals surface area contributed by atoms with E-state index in [0.29, 0.717) is 0 Å². The van der Waals surface area contributed by atoms with Crippen LogP contribution >= 0.6 is 11.3 Å². The third kappa shape index (κ3) is 3.78. The van der Waals surface area contributed by atoms with Gasteiger partial charge in [0.2, 0.25) is 0 Å². The summed E-state index contributed by atoms with van der Waals surface area (Å²) in [6.07, 6.45) is 3.01. The van der Waals surface area contributed by atoms with Crippen LogP contribution in [0.15, 0.2) is 18.3 Å².